The van der Waals surface area contributed by atoms with Gasteiger partial charge in [0.15, 0.2) is 0 Å². The van der Waals surface area contributed by atoms with E-state index in [2.05, 4.69) is 5.32 Å². The minimum Gasteiger partial charge on any atom is -0.480 e. The van der Waals surface area contributed by atoms with E-state index in [0.717, 1.165) is 17.7 Å². The average Bonchev–Trinajstić information content (AvgIpc) is 3.35. The molecule has 2 aromatic carbocycles. The number of aliphatic carboxylic acids is 1. The Morgan fingerprint density at radius 2 is 1.72 bits per heavy atom. The molecule has 6 heteroatoms. The van der Waals surface area contributed by atoms with Crippen molar-refractivity contribution in [2.75, 3.05) is 0 Å². The molecule has 1 amide bonds. The van der Waals surface area contributed by atoms with E-state index in [1.807, 2.05) is 6.07 Å². The lowest BCUT2D eigenvalue weighted by Crippen LogP contribution is -2.43. The Hall–Kier alpha value is -2.76. The third kappa shape index (κ3) is 3.84. The van der Waals surface area contributed by atoms with Crippen molar-refractivity contribution >= 4 is 11.9 Å². The molecule has 3 rings (SSSR count). The van der Waals surface area contributed by atoms with Crippen molar-refractivity contribution in [2.45, 2.75) is 24.8 Å². The number of amides is 1. The van der Waals surface area contributed by atoms with Gasteiger partial charge in [0.05, 0.1) is 0 Å². The van der Waals surface area contributed by atoms with Crippen molar-refractivity contribution in [2.24, 2.45) is 5.92 Å². The molecule has 130 valence electrons. The first-order chi connectivity index (χ1) is 12.0. The summed E-state index contributed by atoms with van der Waals surface area (Å²) in [6.07, 6.45) is 0.453. The van der Waals surface area contributed by atoms with E-state index in [-0.39, 0.29) is 12.0 Å². The molecule has 4 nitrogen and oxygen atoms in total. The molecular weight excluding hydrogens is 328 g/mol. The molecular formula is C19H17F2NO3. The first-order valence-corrected chi connectivity index (χ1v) is 7.98. The number of rotatable bonds is 6. The molecule has 1 aliphatic carbocycles. The lowest BCUT2D eigenvalue weighted by atomic mass is 10.0. The van der Waals surface area contributed by atoms with Crippen LogP contribution in [0.15, 0.2) is 48.5 Å². The Labute approximate surface area is 143 Å². The standard InChI is InChI=1S/C19H17F2NO3/c20-14-7-4-8-15(21)17(14)12-10-13(12)18(23)22-16(19(24)25)9-11-5-2-1-3-6-11/h1-8,12-13,16H,9-10H2,(H,22,23)(H,24,25)/t12?,13?,16-/m0/s1. The molecule has 2 unspecified atom stereocenters. The summed E-state index contributed by atoms with van der Waals surface area (Å²) in [6, 6.07) is 11.4. The van der Waals surface area contributed by atoms with E-state index in [1.165, 1.54) is 6.07 Å². The van der Waals surface area contributed by atoms with Crippen LogP contribution in [-0.4, -0.2) is 23.0 Å². The highest BCUT2D eigenvalue weighted by Crippen LogP contribution is 2.49. The quantitative estimate of drug-likeness (QED) is 0.846. The van der Waals surface area contributed by atoms with Crippen LogP contribution in [0.4, 0.5) is 8.78 Å². The summed E-state index contributed by atoms with van der Waals surface area (Å²) in [5.74, 6) is -4.16. The number of halogens is 2. The van der Waals surface area contributed by atoms with Crippen LogP contribution in [-0.2, 0) is 16.0 Å². The summed E-state index contributed by atoms with van der Waals surface area (Å²) in [6.45, 7) is 0. The molecule has 2 N–H and O–H groups in total. The van der Waals surface area contributed by atoms with E-state index in [4.69, 9.17) is 0 Å². The second-order valence-corrected chi connectivity index (χ2v) is 6.17. The fourth-order valence-corrected chi connectivity index (χ4v) is 3.00. The van der Waals surface area contributed by atoms with E-state index in [0.29, 0.717) is 6.42 Å². The van der Waals surface area contributed by atoms with Gasteiger partial charge in [0, 0.05) is 23.8 Å². The lowest BCUT2D eigenvalue weighted by Gasteiger charge is -2.15. The van der Waals surface area contributed by atoms with Gasteiger partial charge in [0.2, 0.25) is 5.91 Å². The van der Waals surface area contributed by atoms with Crippen LogP contribution < -0.4 is 5.32 Å². The van der Waals surface area contributed by atoms with Crippen molar-refractivity contribution in [1.82, 2.24) is 5.32 Å². The van der Waals surface area contributed by atoms with Gasteiger partial charge < -0.3 is 10.4 Å². The molecule has 0 spiro atoms. The molecule has 0 heterocycles. The second-order valence-electron chi connectivity index (χ2n) is 6.17. The number of carboxylic acid groups (broad SMARTS) is 1. The Kier molecular flexibility index (Phi) is 4.79. The van der Waals surface area contributed by atoms with E-state index in [1.54, 1.807) is 24.3 Å². The maximum absolute atomic E-state index is 13.8. The number of carboxylic acids is 1. The zero-order valence-corrected chi connectivity index (χ0v) is 13.3. The highest BCUT2D eigenvalue weighted by molar-refractivity contribution is 5.87. The number of carbonyl (C=O) groups is 2. The van der Waals surface area contributed by atoms with Gasteiger partial charge >= 0.3 is 5.97 Å². The Bertz CT molecular complexity index is 774. The molecule has 0 saturated heterocycles. The summed E-state index contributed by atoms with van der Waals surface area (Å²) in [4.78, 5) is 23.7. The SMILES string of the molecule is O=C(N[C@@H](Cc1ccccc1)C(=O)O)C1CC1c1c(F)cccc1F. The normalized spacial score (nSPS) is 19.9. The van der Waals surface area contributed by atoms with Gasteiger partial charge in [-0.25, -0.2) is 13.6 Å². The Balaban J connectivity index is 1.66. The first kappa shape index (κ1) is 17.1. The summed E-state index contributed by atoms with van der Waals surface area (Å²) in [5, 5.41) is 11.8. The van der Waals surface area contributed by atoms with Crippen molar-refractivity contribution < 1.29 is 23.5 Å². The van der Waals surface area contributed by atoms with Crippen molar-refractivity contribution in [1.29, 1.82) is 0 Å². The van der Waals surface area contributed by atoms with Crippen LogP contribution in [0.1, 0.15) is 23.5 Å². The van der Waals surface area contributed by atoms with E-state index < -0.39 is 41.4 Å². The lowest BCUT2D eigenvalue weighted by molar-refractivity contribution is -0.142. The van der Waals surface area contributed by atoms with Crippen molar-refractivity contribution in [3.63, 3.8) is 0 Å². The van der Waals surface area contributed by atoms with Gasteiger partial charge in [-0.15, -0.1) is 0 Å². The summed E-state index contributed by atoms with van der Waals surface area (Å²) < 4.78 is 27.6. The molecule has 25 heavy (non-hydrogen) atoms. The van der Waals surface area contributed by atoms with Gasteiger partial charge in [-0.2, -0.15) is 0 Å². The van der Waals surface area contributed by atoms with Crippen LogP contribution in [0.3, 0.4) is 0 Å². The largest absolute Gasteiger partial charge is 0.480 e. The molecule has 0 radical (unpaired) electrons. The van der Waals surface area contributed by atoms with Gasteiger partial charge in [-0.3, -0.25) is 4.79 Å². The zero-order chi connectivity index (χ0) is 18.0. The van der Waals surface area contributed by atoms with Crippen LogP contribution >= 0.6 is 0 Å². The van der Waals surface area contributed by atoms with E-state index >= 15 is 0 Å². The minimum absolute atomic E-state index is 0.0995. The van der Waals surface area contributed by atoms with Gasteiger partial charge in [0.1, 0.15) is 17.7 Å². The van der Waals surface area contributed by atoms with Gasteiger partial charge in [-0.05, 0) is 24.1 Å². The predicted molar refractivity (Wildman–Crippen MR) is 86.9 cm³/mol. The third-order valence-electron chi connectivity index (χ3n) is 4.39. The summed E-state index contributed by atoms with van der Waals surface area (Å²) in [5.41, 5.74) is 0.681. The fraction of sp³-hybridized carbons (Fsp3) is 0.263. The maximum atomic E-state index is 13.8. The van der Waals surface area contributed by atoms with Crippen molar-refractivity contribution in [3.05, 3.63) is 71.3 Å². The highest BCUT2D eigenvalue weighted by atomic mass is 19.1. The molecule has 1 saturated carbocycles. The topological polar surface area (TPSA) is 66.4 Å². The second kappa shape index (κ2) is 7.01. The molecule has 3 atom stereocenters. The monoisotopic (exact) mass is 345 g/mol. The van der Waals surface area contributed by atoms with Crippen LogP contribution in [0.2, 0.25) is 0 Å². The van der Waals surface area contributed by atoms with E-state index in [9.17, 15) is 23.5 Å². The van der Waals surface area contributed by atoms with Crippen LogP contribution in [0.25, 0.3) is 0 Å². The van der Waals surface area contributed by atoms with Crippen LogP contribution in [0.5, 0.6) is 0 Å². The molecule has 2 aromatic rings. The number of benzene rings is 2. The number of carbonyl (C=O) groups excluding carboxylic acids is 1. The van der Waals surface area contributed by atoms with Crippen molar-refractivity contribution in [3.8, 4) is 0 Å². The summed E-state index contributed by atoms with van der Waals surface area (Å²) >= 11 is 0. The minimum atomic E-state index is -1.15. The fourth-order valence-electron chi connectivity index (χ4n) is 3.00. The Morgan fingerprint density at radius 3 is 2.32 bits per heavy atom. The maximum Gasteiger partial charge on any atom is 0.326 e. The molecule has 0 aromatic heterocycles. The number of hydrogen-bond acceptors (Lipinski definition) is 2. The number of nitrogens with one attached hydrogen (secondary N) is 1. The Morgan fingerprint density at radius 1 is 1.08 bits per heavy atom. The number of hydrogen-bond donors (Lipinski definition) is 2. The highest BCUT2D eigenvalue weighted by Gasteiger charge is 2.47. The average molecular weight is 345 g/mol. The van der Waals surface area contributed by atoms with Gasteiger partial charge in [0.25, 0.3) is 0 Å². The molecule has 1 fully saturated rings. The molecule has 1 aliphatic rings. The third-order valence-corrected chi connectivity index (χ3v) is 4.39. The smallest absolute Gasteiger partial charge is 0.326 e. The van der Waals surface area contributed by atoms with Crippen LogP contribution in [0, 0.1) is 17.6 Å². The molecule has 0 aliphatic heterocycles. The first-order valence-electron chi connectivity index (χ1n) is 7.98. The summed E-state index contributed by atoms with van der Waals surface area (Å²) in [7, 11) is 0. The van der Waals surface area contributed by atoms with Gasteiger partial charge in [-0.1, -0.05) is 36.4 Å². The molecule has 0 bridgehead atoms. The zero-order valence-electron chi connectivity index (χ0n) is 13.3. The predicted octanol–water partition coefficient (Wildman–Crippen LogP) is 2.88.